The Morgan fingerprint density at radius 1 is 1.53 bits per heavy atom. The van der Waals surface area contributed by atoms with Crippen LogP contribution in [0.1, 0.15) is 46.0 Å². The summed E-state index contributed by atoms with van der Waals surface area (Å²) < 4.78 is 0. The maximum absolute atomic E-state index is 11.7. The third-order valence-electron chi connectivity index (χ3n) is 3.64. The Balaban J connectivity index is 2.22. The molecule has 1 aliphatic heterocycles. The minimum Gasteiger partial charge on any atom is -0.394 e. The molecule has 0 aliphatic carbocycles. The van der Waals surface area contributed by atoms with Gasteiger partial charge in [-0.2, -0.15) is 0 Å². The van der Waals surface area contributed by atoms with Crippen LogP contribution in [0.25, 0.3) is 0 Å². The molecule has 2 N–H and O–H groups in total. The molecule has 1 fully saturated rings. The van der Waals surface area contributed by atoms with Gasteiger partial charge >= 0.3 is 0 Å². The SMILES string of the molecule is CC[C@H](CO)NC(=O)CCN1CCCC[C@H]1C. The number of nitrogens with zero attached hydrogens (tertiary/aromatic N) is 1. The molecule has 1 aliphatic rings. The summed E-state index contributed by atoms with van der Waals surface area (Å²) in [5, 5.41) is 11.9. The summed E-state index contributed by atoms with van der Waals surface area (Å²) in [4.78, 5) is 14.1. The van der Waals surface area contributed by atoms with E-state index in [9.17, 15) is 4.79 Å². The molecule has 0 saturated carbocycles. The number of piperidine rings is 1. The van der Waals surface area contributed by atoms with Gasteiger partial charge in [0.2, 0.25) is 5.91 Å². The zero-order valence-electron chi connectivity index (χ0n) is 11.1. The molecule has 0 aromatic heterocycles. The molecule has 1 heterocycles. The van der Waals surface area contributed by atoms with E-state index in [0.717, 1.165) is 19.5 Å². The summed E-state index contributed by atoms with van der Waals surface area (Å²) in [6, 6.07) is 0.526. The van der Waals surface area contributed by atoms with Crippen molar-refractivity contribution in [3.63, 3.8) is 0 Å². The zero-order chi connectivity index (χ0) is 12.7. The lowest BCUT2D eigenvalue weighted by Crippen LogP contribution is -2.42. The van der Waals surface area contributed by atoms with Crippen molar-refractivity contribution in [2.75, 3.05) is 19.7 Å². The highest BCUT2D eigenvalue weighted by atomic mass is 16.3. The lowest BCUT2D eigenvalue weighted by atomic mass is 10.0. The van der Waals surface area contributed by atoms with Gasteiger partial charge in [0, 0.05) is 19.0 Å². The molecule has 0 radical (unpaired) electrons. The molecular formula is C13H26N2O2. The molecule has 2 atom stereocenters. The van der Waals surface area contributed by atoms with Crippen LogP contribution in [0.2, 0.25) is 0 Å². The van der Waals surface area contributed by atoms with Gasteiger partial charge in [-0.15, -0.1) is 0 Å². The van der Waals surface area contributed by atoms with Gasteiger partial charge < -0.3 is 15.3 Å². The lowest BCUT2D eigenvalue weighted by Gasteiger charge is -2.33. The van der Waals surface area contributed by atoms with Gasteiger partial charge in [-0.05, 0) is 32.7 Å². The van der Waals surface area contributed by atoms with Crippen LogP contribution in [0, 0.1) is 0 Å². The first kappa shape index (κ1) is 14.5. The highest BCUT2D eigenvalue weighted by molar-refractivity contribution is 5.76. The fourth-order valence-electron chi connectivity index (χ4n) is 2.31. The van der Waals surface area contributed by atoms with Crippen LogP contribution in [-0.4, -0.2) is 47.7 Å². The van der Waals surface area contributed by atoms with Crippen molar-refractivity contribution >= 4 is 5.91 Å². The Labute approximate surface area is 104 Å². The number of amides is 1. The zero-order valence-corrected chi connectivity index (χ0v) is 11.1. The molecule has 1 saturated heterocycles. The van der Waals surface area contributed by atoms with Crippen molar-refractivity contribution < 1.29 is 9.90 Å². The van der Waals surface area contributed by atoms with E-state index in [1.807, 2.05) is 6.92 Å². The third-order valence-corrected chi connectivity index (χ3v) is 3.64. The first-order valence-corrected chi connectivity index (χ1v) is 6.81. The van der Waals surface area contributed by atoms with Crippen LogP contribution in [-0.2, 0) is 4.79 Å². The van der Waals surface area contributed by atoms with Gasteiger partial charge in [0.25, 0.3) is 0 Å². The van der Waals surface area contributed by atoms with Crippen LogP contribution in [0.15, 0.2) is 0 Å². The molecule has 0 aromatic carbocycles. The van der Waals surface area contributed by atoms with Gasteiger partial charge in [-0.1, -0.05) is 13.3 Å². The number of aliphatic hydroxyl groups is 1. The second-order valence-electron chi connectivity index (χ2n) is 4.99. The van der Waals surface area contributed by atoms with Crippen molar-refractivity contribution in [2.45, 2.75) is 58.0 Å². The van der Waals surface area contributed by atoms with Crippen molar-refractivity contribution in [3.8, 4) is 0 Å². The molecule has 4 nitrogen and oxygen atoms in total. The Hall–Kier alpha value is -0.610. The van der Waals surface area contributed by atoms with E-state index >= 15 is 0 Å². The number of hydrogen-bond donors (Lipinski definition) is 2. The maximum Gasteiger partial charge on any atom is 0.221 e. The lowest BCUT2D eigenvalue weighted by molar-refractivity contribution is -0.122. The van der Waals surface area contributed by atoms with Crippen LogP contribution in [0.5, 0.6) is 0 Å². The number of carbonyl (C=O) groups is 1. The van der Waals surface area contributed by atoms with Gasteiger partial charge in [0.1, 0.15) is 0 Å². The molecular weight excluding hydrogens is 216 g/mol. The van der Waals surface area contributed by atoms with E-state index in [-0.39, 0.29) is 18.6 Å². The van der Waals surface area contributed by atoms with Gasteiger partial charge in [0.15, 0.2) is 0 Å². The largest absolute Gasteiger partial charge is 0.394 e. The Bertz CT molecular complexity index is 229. The quantitative estimate of drug-likeness (QED) is 0.734. The predicted octanol–water partition coefficient (Wildman–Crippen LogP) is 1.14. The van der Waals surface area contributed by atoms with Gasteiger partial charge in [0.05, 0.1) is 12.6 Å². The number of nitrogens with one attached hydrogen (secondary N) is 1. The van der Waals surface area contributed by atoms with E-state index in [0.29, 0.717) is 12.5 Å². The van der Waals surface area contributed by atoms with E-state index in [4.69, 9.17) is 5.11 Å². The maximum atomic E-state index is 11.7. The van der Waals surface area contributed by atoms with E-state index in [1.54, 1.807) is 0 Å². The molecule has 17 heavy (non-hydrogen) atoms. The first-order chi connectivity index (χ1) is 8.17. The Morgan fingerprint density at radius 2 is 2.29 bits per heavy atom. The highest BCUT2D eigenvalue weighted by Crippen LogP contribution is 2.16. The van der Waals surface area contributed by atoms with E-state index in [2.05, 4.69) is 17.1 Å². The average Bonchev–Trinajstić information content (AvgIpc) is 2.35. The van der Waals surface area contributed by atoms with Crippen molar-refractivity contribution in [2.24, 2.45) is 0 Å². The second kappa shape index (κ2) is 7.67. The topological polar surface area (TPSA) is 52.6 Å². The normalized spacial score (nSPS) is 23.4. The average molecular weight is 242 g/mol. The summed E-state index contributed by atoms with van der Waals surface area (Å²) >= 11 is 0. The van der Waals surface area contributed by atoms with Crippen molar-refractivity contribution in [1.82, 2.24) is 10.2 Å². The third kappa shape index (κ3) is 5.04. The molecule has 0 spiro atoms. The first-order valence-electron chi connectivity index (χ1n) is 6.81. The molecule has 100 valence electrons. The molecule has 1 amide bonds. The number of hydrogen-bond acceptors (Lipinski definition) is 3. The fourth-order valence-corrected chi connectivity index (χ4v) is 2.31. The van der Waals surface area contributed by atoms with Crippen molar-refractivity contribution in [3.05, 3.63) is 0 Å². The van der Waals surface area contributed by atoms with Crippen LogP contribution >= 0.6 is 0 Å². The standard InChI is InChI=1S/C13H26N2O2/c1-3-12(10-16)14-13(17)7-9-15-8-5-4-6-11(15)2/h11-12,16H,3-10H2,1-2H3,(H,14,17)/t11-,12-/m1/s1. The minimum absolute atomic E-state index is 0.0301. The summed E-state index contributed by atoms with van der Waals surface area (Å²) in [6.45, 7) is 6.19. The molecule has 4 heteroatoms. The summed E-state index contributed by atoms with van der Waals surface area (Å²) in [5.74, 6) is 0.0590. The fraction of sp³-hybridized carbons (Fsp3) is 0.923. The monoisotopic (exact) mass is 242 g/mol. The van der Waals surface area contributed by atoms with Crippen LogP contribution in [0.3, 0.4) is 0 Å². The minimum atomic E-state index is -0.0821. The van der Waals surface area contributed by atoms with E-state index < -0.39 is 0 Å². The number of aliphatic hydroxyl groups excluding tert-OH is 1. The van der Waals surface area contributed by atoms with Crippen molar-refractivity contribution in [1.29, 1.82) is 0 Å². The smallest absolute Gasteiger partial charge is 0.221 e. The summed E-state index contributed by atoms with van der Waals surface area (Å²) in [6.07, 6.45) is 5.13. The number of carbonyl (C=O) groups excluding carboxylic acids is 1. The molecule has 1 rings (SSSR count). The Kier molecular flexibility index (Phi) is 6.52. The number of likely N-dealkylation sites (tertiary alicyclic amines) is 1. The van der Waals surface area contributed by atoms with E-state index in [1.165, 1.54) is 19.3 Å². The molecule has 0 aromatic rings. The van der Waals surface area contributed by atoms with Gasteiger partial charge in [-0.25, -0.2) is 0 Å². The summed E-state index contributed by atoms with van der Waals surface area (Å²) in [7, 11) is 0. The molecule has 0 bridgehead atoms. The van der Waals surface area contributed by atoms with Gasteiger partial charge in [-0.3, -0.25) is 4.79 Å². The number of rotatable bonds is 6. The molecule has 0 unspecified atom stereocenters. The predicted molar refractivity (Wildman–Crippen MR) is 68.8 cm³/mol. The second-order valence-corrected chi connectivity index (χ2v) is 4.99. The van der Waals surface area contributed by atoms with Crippen LogP contribution in [0.4, 0.5) is 0 Å². The summed E-state index contributed by atoms with van der Waals surface area (Å²) in [5.41, 5.74) is 0. The Morgan fingerprint density at radius 3 is 2.88 bits per heavy atom. The highest BCUT2D eigenvalue weighted by Gasteiger charge is 2.19. The van der Waals surface area contributed by atoms with Crippen LogP contribution < -0.4 is 5.32 Å².